The molecule has 1 fully saturated rings. The molecule has 0 aromatic heterocycles. The predicted octanol–water partition coefficient (Wildman–Crippen LogP) is 1.68. The molecule has 1 atom stereocenters. The summed E-state index contributed by atoms with van der Waals surface area (Å²) >= 11 is 0. The van der Waals surface area contributed by atoms with Crippen molar-refractivity contribution in [3.63, 3.8) is 0 Å². The van der Waals surface area contributed by atoms with E-state index in [1.54, 1.807) is 24.1 Å². The number of hydrogen-bond donors (Lipinski definition) is 2. The van der Waals surface area contributed by atoms with E-state index in [0.717, 1.165) is 18.4 Å². The summed E-state index contributed by atoms with van der Waals surface area (Å²) in [5, 5.41) is 6.04. The zero-order chi connectivity index (χ0) is 17.7. The number of carbonyl (C=O) groups excluding carboxylic acids is 2. The van der Waals surface area contributed by atoms with E-state index < -0.39 is 0 Å². The molecular formula is C18H26FN3O2. The number of carbonyl (C=O) groups is 2. The Morgan fingerprint density at radius 1 is 1.33 bits per heavy atom. The first kappa shape index (κ1) is 18.4. The summed E-state index contributed by atoms with van der Waals surface area (Å²) in [5.74, 6) is -0.426. The molecule has 1 aromatic rings. The third-order valence-corrected chi connectivity index (χ3v) is 5.11. The van der Waals surface area contributed by atoms with Crippen LogP contribution in [0.3, 0.4) is 0 Å². The molecule has 0 saturated carbocycles. The number of nitrogens with zero attached hydrogens (tertiary/aromatic N) is 1. The molecule has 2 N–H and O–H groups in total. The first-order valence-electron chi connectivity index (χ1n) is 8.41. The molecule has 0 bridgehead atoms. The summed E-state index contributed by atoms with van der Waals surface area (Å²) in [6.07, 6.45) is 1.75. The van der Waals surface area contributed by atoms with Gasteiger partial charge in [-0.25, -0.2) is 4.39 Å². The highest BCUT2D eigenvalue weighted by molar-refractivity contribution is 5.86. The molecule has 1 aliphatic heterocycles. The van der Waals surface area contributed by atoms with Crippen LogP contribution in [-0.2, 0) is 16.1 Å². The van der Waals surface area contributed by atoms with Crippen LogP contribution < -0.4 is 10.6 Å². The van der Waals surface area contributed by atoms with Gasteiger partial charge >= 0.3 is 0 Å². The number of amides is 2. The Kier molecular flexibility index (Phi) is 5.94. The minimum atomic E-state index is -0.337. The van der Waals surface area contributed by atoms with Crippen LogP contribution in [0.25, 0.3) is 0 Å². The first-order chi connectivity index (χ1) is 11.4. The van der Waals surface area contributed by atoms with Crippen LogP contribution in [0.4, 0.5) is 4.39 Å². The largest absolute Gasteiger partial charge is 0.354 e. The summed E-state index contributed by atoms with van der Waals surface area (Å²) in [7, 11) is 1.70. The van der Waals surface area contributed by atoms with Gasteiger partial charge < -0.3 is 10.2 Å². The van der Waals surface area contributed by atoms with Gasteiger partial charge in [0.2, 0.25) is 11.8 Å². The molecule has 1 aromatic carbocycles. The van der Waals surface area contributed by atoms with Gasteiger partial charge in [0.1, 0.15) is 5.82 Å². The second-order valence-electron chi connectivity index (χ2n) is 6.48. The number of halogens is 1. The summed E-state index contributed by atoms with van der Waals surface area (Å²) in [6.45, 7) is 5.31. The summed E-state index contributed by atoms with van der Waals surface area (Å²) < 4.78 is 12.9. The van der Waals surface area contributed by atoms with Crippen molar-refractivity contribution in [1.29, 1.82) is 0 Å². The van der Waals surface area contributed by atoms with Gasteiger partial charge in [0, 0.05) is 25.6 Å². The summed E-state index contributed by atoms with van der Waals surface area (Å²) in [5.41, 5.74) is 0.731. The average molecular weight is 335 g/mol. The van der Waals surface area contributed by atoms with Crippen molar-refractivity contribution in [2.24, 2.45) is 5.41 Å². The molecule has 0 aliphatic carbocycles. The molecule has 2 amide bonds. The highest BCUT2D eigenvalue weighted by atomic mass is 19.1. The molecule has 1 unspecified atom stereocenters. The topological polar surface area (TPSA) is 61.4 Å². The Morgan fingerprint density at radius 2 is 1.96 bits per heavy atom. The maximum Gasteiger partial charge on any atom is 0.237 e. The number of benzene rings is 1. The summed E-state index contributed by atoms with van der Waals surface area (Å²) in [4.78, 5) is 26.0. The standard InChI is InChI=1S/C18H26FN3O2/c1-4-18(5-2)12-21-17(24)16(18)20-10-15(23)22(3)11-13-6-8-14(19)9-7-13/h6-9,16,20H,4-5,10-12H2,1-3H3,(H,21,24). The molecule has 2 rings (SSSR count). The fourth-order valence-corrected chi connectivity index (χ4v) is 3.24. The second-order valence-corrected chi connectivity index (χ2v) is 6.48. The monoisotopic (exact) mass is 335 g/mol. The summed E-state index contributed by atoms with van der Waals surface area (Å²) in [6, 6.07) is 5.75. The first-order valence-corrected chi connectivity index (χ1v) is 8.41. The van der Waals surface area contributed by atoms with Gasteiger partial charge in [-0.1, -0.05) is 26.0 Å². The smallest absolute Gasteiger partial charge is 0.237 e. The SMILES string of the molecule is CCC1(CC)CNC(=O)C1NCC(=O)N(C)Cc1ccc(F)cc1. The lowest BCUT2D eigenvalue weighted by Gasteiger charge is -2.31. The van der Waals surface area contributed by atoms with Crippen LogP contribution >= 0.6 is 0 Å². The van der Waals surface area contributed by atoms with E-state index >= 15 is 0 Å². The van der Waals surface area contributed by atoms with E-state index in [2.05, 4.69) is 24.5 Å². The van der Waals surface area contributed by atoms with Crippen LogP contribution in [0.15, 0.2) is 24.3 Å². The lowest BCUT2D eigenvalue weighted by molar-refractivity contribution is -0.130. The molecule has 1 aliphatic rings. The van der Waals surface area contributed by atoms with Gasteiger partial charge in [0.15, 0.2) is 0 Å². The number of hydrogen-bond acceptors (Lipinski definition) is 3. The van der Waals surface area contributed by atoms with E-state index in [0.29, 0.717) is 13.1 Å². The van der Waals surface area contributed by atoms with Gasteiger partial charge in [-0.2, -0.15) is 0 Å². The van der Waals surface area contributed by atoms with Crippen molar-refractivity contribution in [1.82, 2.24) is 15.5 Å². The quantitative estimate of drug-likeness (QED) is 0.797. The van der Waals surface area contributed by atoms with E-state index in [-0.39, 0.29) is 35.6 Å². The Balaban J connectivity index is 1.91. The van der Waals surface area contributed by atoms with Gasteiger partial charge in [0.05, 0.1) is 12.6 Å². The normalized spacial score (nSPS) is 19.2. The Labute approximate surface area is 142 Å². The van der Waals surface area contributed by atoms with Gasteiger partial charge in [-0.15, -0.1) is 0 Å². The zero-order valence-electron chi connectivity index (χ0n) is 14.6. The maximum absolute atomic E-state index is 12.9. The second kappa shape index (κ2) is 7.75. The van der Waals surface area contributed by atoms with Crippen LogP contribution in [0.1, 0.15) is 32.3 Å². The highest BCUT2D eigenvalue weighted by Crippen LogP contribution is 2.33. The van der Waals surface area contributed by atoms with E-state index in [4.69, 9.17) is 0 Å². The van der Waals surface area contributed by atoms with Crippen molar-refractivity contribution >= 4 is 11.8 Å². The van der Waals surface area contributed by atoms with Crippen molar-refractivity contribution in [2.45, 2.75) is 39.3 Å². The van der Waals surface area contributed by atoms with Crippen LogP contribution in [0.5, 0.6) is 0 Å². The number of likely N-dealkylation sites (N-methyl/N-ethyl adjacent to an activating group) is 1. The molecule has 0 spiro atoms. The maximum atomic E-state index is 12.9. The Morgan fingerprint density at radius 3 is 2.54 bits per heavy atom. The molecule has 1 saturated heterocycles. The van der Waals surface area contributed by atoms with Crippen molar-refractivity contribution in [2.75, 3.05) is 20.1 Å². The van der Waals surface area contributed by atoms with Crippen molar-refractivity contribution in [3.05, 3.63) is 35.6 Å². The third-order valence-electron chi connectivity index (χ3n) is 5.11. The van der Waals surface area contributed by atoms with Gasteiger partial charge in [-0.3, -0.25) is 14.9 Å². The van der Waals surface area contributed by atoms with Crippen LogP contribution in [0.2, 0.25) is 0 Å². The molecule has 6 heteroatoms. The average Bonchev–Trinajstić information content (AvgIpc) is 2.91. The molecule has 0 radical (unpaired) electrons. The Bertz CT molecular complexity index is 584. The fourth-order valence-electron chi connectivity index (χ4n) is 3.24. The third kappa shape index (κ3) is 3.93. The number of rotatable bonds is 7. The molecular weight excluding hydrogens is 309 g/mol. The molecule has 24 heavy (non-hydrogen) atoms. The minimum Gasteiger partial charge on any atom is -0.354 e. The lowest BCUT2D eigenvalue weighted by Crippen LogP contribution is -2.49. The Hall–Kier alpha value is -1.95. The number of nitrogens with one attached hydrogen (secondary N) is 2. The zero-order valence-corrected chi connectivity index (χ0v) is 14.6. The van der Waals surface area contributed by atoms with Crippen LogP contribution in [-0.4, -0.2) is 42.9 Å². The fraction of sp³-hybridized carbons (Fsp3) is 0.556. The van der Waals surface area contributed by atoms with Gasteiger partial charge in [-0.05, 0) is 30.5 Å². The highest BCUT2D eigenvalue weighted by Gasteiger charge is 2.45. The van der Waals surface area contributed by atoms with E-state index in [9.17, 15) is 14.0 Å². The van der Waals surface area contributed by atoms with Gasteiger partial charge in [0.25, 0.3) is 0 Å². The van der Waals surface area contributed by atoms with Crippen molar-refractivity contribution in [3.8, 4) is 0 Å². The molecule has 1 heterocycles. The van der Waals surface area contributed by atoms with Crippen molar-refractivity contribution < 1.29 is 14.0 Å². The van der Waals surface area contributed by atoms with E-state index in [1.165, 1.54) is 12.1 Å². The van der Waals surface area contributed by atoms with Crippen LogP contribution in [0, 0.1) is 11.2 Å². The minimum absolute atomic E-state index is 0.0345. The van der Waals surface area contributed by atoms with E-state index in [1.807, 2.05) is 0 Å². The molecule has 132 valence electrons. The predicted molar refractivity (Wildman–Crippen MR) is 90.7 cm³/mol. The lowest BCUT2D eigenvalue weighted by atomic mass is 9.78. The molecule has 5 nitrogen and oxygen atoms in total.